The fourth-order valence-corrected chi connectivity index (χ4v) is 4.43. The summed E-state index contributed by atoms with van der Waals surface area (Å²) in [7, 11) is -2.27. The number of benzene rings is 1. The van der Waals surface area contributed by atoms with Crippen molar-refractivity contribution in [2.24, 2.45) is 0 Å². The maximum atomic E-state index is 13.0. The van der Waals surface area contributed by atoms with Gasteiger partial charge in [0.15, 0.2) is 11.5 Å². The zero-order chi connectivity index (χ0) is 21.5. The van der Waals surface area contributed by atoms with Crippen molar-refractivity contribution in [3.05, 3.63) is 53.5 Å². The zero-order valence-electron chi connectivity index (χ0n) is 17.3. The topological polar surface area (TPSA) is 98.5 Å². The van der Waals surface area contributed by atoms with E-state index < -0.39 is 10.0 Å². The van der Waals surface area contributed by atoms with Crippen molar-refractivity contribution in [3.63, 3.8) is 0 Å². The molecule has 0 unspecified atom stereocenters. The van der Waals surface area contributed by atoms with Crippen molar-refractivity contribution < 1.29 is 13.2 Å². The maximum absolute atomic E-state index is 13.0. The summed E-state index contributed by atoms with van der Waals surface area (Å²) in [5.41, 5.74) is 3.36. The molecule has 156 valence electrons. The van der Waals surface area contributed by atoms with E-state index in [0.717, 1.165) is 24.2 Å². The number of aryl methyl sites for hydroxylation is 3. The van der Waals surface area contributed by atoms with Gasteiger partial charge in [0.2, 0.25) is 5.88 Å². The molecule has 0 saturated carbocycles. The predicted octanol–water partition coefficient (Wildman–Crippen LogP) is 3.66. The number of ether oxygens (including phenoxy) is 1. The third-order valence-electron chi connectivity index (χ3n) is 4.86. The van der Waals surface area contributed by atoms with Crippen LogP contribution in [0.4, 0.5) is 5.82 Å². The van der Waals surface area contributed by atoms with Gasteiger partial charge < -0.3 is 4.74 Å². The highest BCUT2D eigenvalue weighted by Gasteiger charge is 2.22. The zero-order valence-corrected chi connectivity index (χ0v) is 18.1. The van der Waals surface area contributed by atoms with Crippen LogP contribution >= 0.6 is 0 Å². The molecule has 0 bridgehead atoms. The fraction of sp³-hybridized carbons (Fsp3) is 0.286. The van der Waals surface area contributed by atoms with Gasteiger partial charge in [0.05, 0.1) is 17.7 Å². The normalized spacial score (nSPS) is 11.9. The minimum absolute atomic E-state index is 0.173. The molecule has 0 amide bonds. The molecule has 0 spiro atoms. The number of sulfonamides is 1. The summed E-state index contributed by atoms with van der Waals surface area (Å²) in [4.78, 5) is 14.0. The van der Waals surface area contributed by atoms with Gasteiger partial charge in [-0.3, -0.25) is 9.12 Å². The standard InChI is InChI=1S/C21H23N5O3S/c1-5-6-17-22-14(3)19-20(25-30(27,28)15-9-7-13(2)8-10-15)23-16-11-12-18(29-4)24-21(16)26(17)19/h7-12H,5-6H2,1-4H3,(H,23,25). The maximum Gasteiger partial charge on any atom is 0.263 e. The molecule has 4 aromatic rings. The van der Waals surface area contributed by atoms with Crippen molar-refractivity contribution >= 4 is 32.5 Å². The molecule has 0 fully saturated rings. The number of anilines is 1. The Morgan fingerprint density at radius 1 is 1.03 bits per heavy atom. The summed E-state index contributed by atoms with van der Waals surface area (Å²) in [6.07, 6.45) is 1.61. The molecule has 1 N–H and O–H groups in total. The summed E-state index contributed by atoms with van der Waals surface area (Å²) in [5.74, 6) is 1.48. The number of methoxy groups -OCH3 is 1. The molecule has 3 aromatic heterocycles. The molecule has 1 aromatic carbocycles. The summed E-state index contributed by atoms with van der Waals surface area (Å²) in [6.45, 7) is 5.81. The number of rotatable bonds is 6. The molecule has 0 atom stereocenters. The van der Waals surface area contributed by atoms with Gasteiger partial charge in [-0.05, 0) is 38.5 Å². The van der Waals surface area contributed by atoms with Gasteiger partial charge in [0.1, 0.15) is 16.9 Å². The van der Waals surface area contributed by atoms with E-state index in [-0.39, 0.29) is 10.7 Å². The third-order valence-corrected chi connectivity index (χ3v) is 6.22. The third kappa shape index (κ3) is 3.45. The number of hydrogen-bond acceptors (Lipinski definition) is 6. The average molecular weight is 426 g/mol. The van der Waals surface area contributed by atoms with Crippen LogP contribution in [0.3, 0.4) is 0 Å². The Balaban J connectivity index is 1.96. The van der Waals surface area contributed by atoms with Crippen LogP contribution in [0.1, 0.15) is 30.4 Å². The molecule has 0 saturated heterocycles. The first-order valence-electron chi connectivity index (χ1n) is 9.66. The van der Waals surface area contributed by atoms with Crippen molar-refractivity contribution in [2.75, 3.05) is 11.8 Å². The van der Waals surface area contributed by atoms with E-state index in [1.54, 1.807) is 43.5 Å². The van der Waals surface area contributed by atoms with E-state index >= 15 is 0 Å². The lowest BCUT2D eigenvalue weighted by Gasteiger charge is -2.13. The molecule has 3 heterocycles. The highest BCUT2D eigenvalue weighted by Crippen LogP contribution is 2.28. The molecule has 4 rings (SSSR count). The average Bonchev–Trinajstić information content (AvgIpc) is 3.05. The molecule has 0 radical (unpaired) electrons. The lowest BCUT2D eigenvalue weighted by atomic mass is 10.2. The number of aromatic nitrogens is 4. The van der Waals surface area contributed by atoms with E-state index in [2.05, 4.69) is 26.6 Å². The van der Waals surface area contributed by atoms with E-state index in [1.165, 1.54) is 0 Å². The Labute approximate surface area is 175 Å². The SMILES string of the molecule is CCCc1nc(C)c2c(NS(=O)(=O)c3ccc(C)cc3)nc3ccc(OC)nc3n12. The van der Waals surface area contributed by atoms with Gasteiger partial charge in [-0.15, -0.1) is 0 Å². The Kier molecular flexibility index (Phi) is 5.07. The summed E-state index contributed by atoms with van der Waals surface area (Å²) in [5, 5.41) is 0. The van der Waals surface area contributed by atoms with Gasteiger partial charge in [-0.1, -0.05) is 24.6 Å². The second-order valence-corrected chi connectivity index (χ2v) is 8.81. The quantitative estimate of drug-likeness (QED) is 0.506. The summed E-state index contributed by atoms with van der Waals surface area (Å²) >= 11 is 0. The fourth-order valence-electron chi connectivity index (χ4n) is 3.42. The van der Waals surface area contributed by atoms with Gasteiger partial charge >= 0.3 is 0 Å². The minimum Gasteiger partial charge on any atom is -0.481 e. The number of hydrogen-bond donors (Lipinski definition) is 1. The van der Waals surface area contributed by atoms with Crippen LogP contribution in [-0.2, 0) is 16.4 Å². The smallest absolute Gasteiger partial charge is 0.263 e. The minimum atomic E-state index is -3.82. The Morgan fingerprint density at radius 2 is 1.77 bits per heavy atom. The van der Waals surface area contributed by atoms with Crippen LogP contribution in [0.25, 0.3) is 16.7 Å². The van der Waals surface area contributed by atoms with Gasteiger partial charge in [0.25, 0.3) is 10.0 Å². The molecule has 30 heavy (non-hydrogen) atoms. The largest absolute Gasteiger partial charge is 0.481 e. The summed E-state index contributed by atoms with van der Waals surface area (Å²) < 4.78 is 35.8. The van der Waals surface area contributed by atoms with E-state index in [1.807, 2.05) is 18.2 Å². The molecule has 8 nitrogen and oxygen atoms in total. The van der Waals surface area contributed by atoms with Crippen molar-refractivity contribution in [2.45, 2.75) is 38.5 Å². The highest BCUT2D eigenvalue weighted by molar-refractivity contribution is 7.92. The highest BCUT2D eigenvalue weighted by atomic mass is 32.2. The van der Waals surface area contributed by atoms with Crippen LogP contribution in [0, 0.1) is 13.8 Å². The van der Waals surface area contributed by atoms with E-state index in [9.17, 15) is 8.42 Å². The van der Waals surface area contributed by atoms with Gasteiger partial charge in [-0.25, -0.2) is 18.4 Å². The predicted molar refractivity (Wildman–Crippen MR) is 116 cm³/mol. The Morgan fingerprint density at radius 3 is 2.43 bits per heavy atom. The first-order chi connectivity index (χ1) is 14.3. The Bertz CT molecular complexity index is 1350. The molecule has 9 heteroatoms. The number of nitrogens with zero attached hydrogens (tertiary/aromatic N) is 4. The molecular weight excluding hydrogens is 402 g/mol. The Hall–Kier alpha value is -3.20. The number of nitrogens with one attached hydrogen (secondary N) is 1. The van der Waals surface area contributed by atoms with E-state index in [0.29, 0.717) is 28.3 Å². The van der Waals surface area contributed by atoms with Crippen molar-refractivity contribution in [3.8, 4) is 5.88 Å². The first-order valence-corrected chi connectivity index (χ1v) is 11.1. The van der Waals surface area contributed by atoms with Crippen LogP contribution in [0.2, 0.25) is 0 Å². The van der Waals surface area contributed by atoms with Gasteiger partial charge in [-0.2, -0.15) is 4.98 Å². The second kappa shape index (κ2) is 7.56. The van der Waals surface area contributed by atoms with E-state index in [4.69, 9.17) is 4.74 Å². The number of fused-ring (bicyclic) bond motifs is 3. The molecule has 0 aliphatic heterocycles. The van der Waals surface area contributed by atoms with Crippen LogP contribution in [0.5, 0.6) is 5.88 Å². The number of imidazole rings is 1. The lowest BCUT2D eigenvalue weighted by molar-refractivity contribution is 0.399. The first kappa shape index (κ1) is 20.1. The van der Waals surface area contributed by atoms with Crippen LogP contribution in [0.15, 0.2) is 41.3 Å². The summed E-state index contributed by atoms with van der Waals surface area (Å²) in [6, 6.07) is 10.1. The second-order valence-electron chi connectivity index (χ2n) is 7.12. The number of pyridine rings is 1. The van der Waals surface area contributed by atoms with Gasteiger partial charge in [0, 0.05) is 12.5 Å². The van der Waals surface area contributed by atoms with Crippen LogP contribution < -0.4 is 9.46 Å². The lowest BCUT2D eigenvalue weighted by Crippen LogP contribution is -2.15. The van der Waals surface area contributed by atoms with Crippen molar-refractivity contribution in [1.29, 1.82) is 0 Å². The molecular formula is C21H23N5O3S. The molecule has 0 aliphatic rings. The van der Waals surface area contributed by atoms with Crippen LogP contribution in [-0.4, -0.2) is 34.9 Å². The monoisotopic (exact) mass is 425 g/mol. The molecule has 0 aliphatic carbocycles. The van der Waals surface area contributed by atoms with Crippen molar-refractivity contribution in [1.82, 2.24) is 19.4 Å².